The van der Waals surface area contributed by atoms with Crippen molar-refractivity contribution in [1.29, 1.82) is 0 Å². The molecule has 1 fully saturated rings. The summed E-state index contributed by atoms with van der Waals surface area (Å²) in [6.45, 7) is 2.00. The number of hydrogen-bond acceptors (Lipinski definition) is 3. The van der Waals surface area contributed by atoms with Gasteiger partial charge in [-0.25, -0.2) is 0 Å². The van der Waals surface area contributed by atoms with E-state index < -0.39 is 0 Å². The van der Waals surface area contributed by atoms with Gasteiger partial charge in [0.2, 0.25) is 0 Å². The molecular weight excluding hydrogens is 119 g/mol. The van der Waals surface area contributed by atoms with Crippen LogP contribution >= 0.6 is 0 Å². The summed E-state index contributed by atoms with van der Waals surface area (Å²) in [6, 6.07) is 0. The van der Waals surface area contributed by atoms with Gasteiger partial charge in [-0.3, -0.25) is 10.5 Å². The normalized spacial score (nSPS) is 15.8. The molecule has 0 aromatic heterocycles. The van der Waals surface area contributed by atoms with Crippen LogP contribution in [0.2, 0.25) is 0 Å². The molecule has 8 heavy (non-hydrogen) atoms. The summed E-state index contributed by atoms with van der Waals surface area (Å²) < 4.78 is 4.94. The van der Waals surface area contributed by atoms with Crippen molar-refractivity contribution in [1.82, 2.24) is 0 Å². The van der Waals surface area contributed by atoms with Crippen LogP contribution in [-0.2, 0) is 4.74 Å². The fourth-order valence-corrected chi connectivity index (χ4v) is 0.510. The van der Waals surface area contributed by atoms with Crippen LogP contribution < -0.4 is 29.6 Å². The van der Waals surface area contributed by atoms with Gasteiger partial charge in [0, 0.05) is 13.2 Å². The number of rotatable bonds is 0. The molecule has 0 bridgehead atoms. The van der Waals surface area contributed by atoms with Gasteiger partial charge in [-0.2, -0.15) is 0 Å². The van der Waals surface area contributed by atoms with Crippen LogP contribution in [0, 0.1) is 0 Å². The Kier molecular flexibility index (Phi) is 15.7. The zero-order chi connectivity index (χ0) is 5.54. The maximum atomic E-state index is 6.00. The number of ether oxygens (including phenoxy) is 1. The maximum Gasteiger partial charge on any atom is 1.00 e. The van der Waals surface area contributed by atoms with Crippen LogP contribution in [0.3, 0.4) is 0 Å². The van der Waals surface area contributed by atoms with Crippen LogP contribution in [0.5, 0.6) is 0 Å². The van der Waals surface area contributed by atoms with Gasteiger partial charge in [-0.05, 0) is 12.8 Å². The van der Waals surface area contributed by atoms with E-state index in [1.165, 1.54) is 12.8 Å². The molecule has 0 atom stereocenters. The maximum absolute atomic E-state index is 6.00. The Hall–Kier alpha value is 0.880. The first-order chi connectivity index (χ1) is 3.50. The van der Waals surface area contributed by atoms with E-state index in [0.29, 0.717) is 0 Å². The zero-order valence-corrected chi connectivity index (χ0v) is 7.13. The Morgan fingerprint density at radius 3 is 1.62 bits per heavy atom. The quantitative estimate of drug-likeness (QED) is 0.225. The van der Waals surface area contributed by atoms with E-state index in [0.717, 1.165) is 13.2 Å². The third-order valence-corrected chi connectivity index (χ3v) is 0.827. The monoisotopic (exact) mass is 130 g/mol. The van der Waals surface area contributed by atoms with E-state index in [4.69, 9.17) is 15.3 Å². The van der Waals surface area contributed by atoms with Gasteiger partial charge in [0.1, 0.15) is 0 Å². The van der Waals surface area contributed by atoms with Crippen LogP contribution in [0.15, 0.2) is 0 Å². The minimum absolute atomic E-state index is 0. The topological polar surface area (TPSA) is 49.7 Å². The molecule has 1 aliphatic heterocycles. The van der Waals surface area contributed by atoms with Crippen molar-refractivity contribution in [3.05, 3.63) is 0 Å². The summed E-state index contributed by atoms with van der Waals surface area (Å²) >= 11 is 0. The van der Waals surface area contributed by atoms with Gasteiger partial charge in [0.15, 0.2) is 0 Å². The van der Waals surface area contributed by atoms with E-state index in [1.54, 1.807) is 0 Å². The molecule has 0 aromatic rings. The average molecular weight is 130 g/mol. The van der Waals surface area contributed by atoms with Crippen molar-refractivity contribution in [2.45, 2.75) is 12.8 Å². The first kappa shape index (κ1) is 11.6. The Morgan fingerprint density at radius 1 is 1.12 bits per heavy atom. The minimum atomic E-state index is 0. The first-order valence-corrected chi connectivity index (χ1v) is 2.28. The second-order valence-corrected chi connectivity index (χ2v) is 1.32. The van der Waals surface area contributed by atoms with Crippen molar-refractivity contribution in [2.24, 2.45) is 0 Å². The Bertz CT molecular complexity index is 27.4. The Labute approximate surface area is 72.4 Å². The van der Waals surface area contributed by atoms with E-state index >= 15 is 0 Å². The van der Waals surface area contributed by atoms with E-state index in [2.05, 4.69) is 0 Å². The minimum Gasteiger partial charge on any atom is -1.00 e. The summed E-state index contributed by atoms with van der Waals surface area (Å²) in [5, 5.41) is 12.0. The average Bonchev–Trinajstić information content (AvgIpc) is 2.23. The van der Waals surface area contributed by atoms with Gasteiger partial charge >= 0.3 is 29.6 Å². The SMILES string of the molecule is C1CCOC1.OO.[H-].[Na+]. The second-order valence-electron chi connectivity index (χ2n) is 1.32. The second kappa shape index (κ2) is 10.8. The van der Waals surface area contributed by atoms with Gasteiger partial charge < -0.3 is 6.16 Å². The predicted molar refractivity (Wildman–Crippen MR) is 26.4 cm³/mol. The predicted octanol–water partition coefficient (Wildman–Crippen LogP) is -2.07. The summed E-state index contributed by atoms with van der Waals surface area (Å²) in [5.41, 5.74) is 0. The first-order valence-electron chi connectivity index (χ1n) is 2.28. The molecule has 1 saturated heterocycles. The van der Waals surface area contributed by atoms with Gasteiger partial charge in [-0.15, -0.1) is 0 Å². The summed E-state index contributed by atoms with van der Waals surface area (Å²) in [6.07, 6.45) is 2.56. The smallest absolute Gasteiger partial charge is 1.00 e. The molecule has 0 aromatic carbocycles. The van der Waals surface area contributed by atoms with E-state index in [-0.39, 0.29) is 31.0 Å². The van der Waals surface area contributed by atoms with Crippen LogP contribution in [0.1, 0.15) is 14.3 Å². The summed E-state index contributed by atoms with van der Waals surface area (Å²) in [7, 11) is 0. The molecular formula is C4H11NaO3. The Morgan fingerprint density at radius 2 is 1.50 bits per heavy atom. The molecule has 0 amide bonds. The fraction of sp³-hybridized carbons (Fsp3) is 1.00. The molecule has 0 spiro atoms. The van der Waals surface area contributed by atoms with Crippen molar-refractivity contribution >= 4 is 0 Å². The molecule has 0 unspecified atom stereocenters. The fourth-order valence-electron chi connectivity index (χ4n) is 0.510. The molecule has 0 aliphatic carbocycles. The molecule has 46 valence electrons. The molecule has 1 rings (SSSR count). The summed E-state index contributed by atoms with van der Waals surface area (Å²) in [5.74, 6) is 0. The standard InChI is InChI=1S/C4H8O.Na.H2O2.H/c1-2-4-5-3-1;;1-2;/h1-4H2;;1-2H;/q;+1;;-1. The van der Waals surface area contributed by atoms with Crippen LogP contribution in [0.4, 0.5) is 0 Å². The molecule has 0 saturated carbocycles. The molecule has 1 aliphatic rings. The molecule has 4 heteroatoms. The zero-order valence-electron chi connectivity index (χ0n) is 6.13. The van der Waals surface area contributed by atoms with E-state index in [1.807, 2.05) is 0 Å². The molecule has 1 heterocycles. The molecule has 2 N–H and O–H groups in total. The van der Waals surface area contributed by atoms with Crippen molar-refractivity contribution in [2.75, 3.05) is 13.2 Å². The van der Waals surface area contributed by atoms with Crippen molar-refractivity contribution in [3.8, 4) is 0 Å². The van der Waals surface area contributed by atoms with E-state index in [9.17, 15) is 0 Å². The molecule has 0 radical (unpaired) electrons. The number of hydrogen-bond donors (Lipinski definition) is 2. The largest absolute Gasteiger partial charge is 1.00 e. The van der Waals surface area contributed by atoms with Crippen molar-refractivity contribution in [3.63, 3.8) is 0 Å². The van der Waals surface area contributed by atoms with Gasteiger partial charge in [0.25, 0.3) is 0 Å². The van der Waals surface area contributed by atoms with Gasteiger partial charge in [-0.1, -0.05) is 0 Å². The van der Waals surface area contributed by atoms with Crippen LogP contribution in [-0.4, -0.2) is 23.7 Å². The van der Waals surface area contributed by atoms with Crippen molar-refractivity contribution < 1.29 is 46.2 Å². The van der Waals surface area contributed by atoms with Gasteiger partial charge in [0.05, 0.1) is 0 Å². The third-order valence-electron chi connectivity index (χ3n) is 0.827. The Balaban J connectivity index is -0.0000000836. The third kappa shape index (κ3) is 6.88. The summed E-state index contributed by atoms with van der Waals surface area (Å²) in [4.78, 5) is 0. The van der Waals surface area contributed by atoms with Crippen LogP contribution in [0.25, 0.3) is 0 Å². The molecule has 3 nitrogen and oxygen atoms in total.